The third-order valence-corrected chi connectivity index (χ3v) is 2.16. The van der Waals surface area contributed by atoms with Gasteiger partial charge in [-0.05, 0) is 32.5 Å². The van der Waals surface area contributed by atoms with E-state index in [-0.39, 0.29) is 0 Å². The Balaban J connectivity index is 2.30. The molecule has 1 rings (SSSR count). The molecule has 0 bridgehead atoms. The second kappa shape index (κ2) is 3.18. The van der Waals surface area contributed by atoms with Crippen molar-refractivity contribution in [1.82, 2.24) is 10.6 Å². The molecule has 0 amide bonds. The minimum absolute atomic E-state index is 0.742. The standard InChI is InChI=1S/C7H16N2/c1-6-5-9-4-3-7(6)8-2/h6-9H,3-5H2,1-2H3/t6-,7+/m0/s1. The monoisotopic (exact) mass is 128 g/mol. The summed E-state index contributed by atoms with van der Waals surface area (Å²) < 4.78 is 0. The van der Waals surface area contributed by atoms with Crippen LogP contribution in [0.15, 0.2) is 0 Å². The molecule has 9 heavy (non-hydrogen) atoms. The van der Waals surface area contributed by atoms with Gasteiger partial charge in [0.2, 0.25) is 0 Å². The van der Waals surface area contributed by atoms with Crippen molar-refractivity contribution in [2.75, 3.05) is 20.1 Å². The summed E-state index contributed by atoms with van der Waals surface area (Å²) in [6, 6.07) is 0.742. The van der Waals surface area contributed by atoms with Crippen LogP contribution in [-0.4, -0.2) is 26.2 Å². The summed E-state index contributed by atoms with van der Waals surface area (Å²) in [5.41, 5.74) is 0. The summed E-state index contributed by atoms with van der Waals surface area (Å²) in [6.45, 7) is 4.63. The average Bonchev–Trinajstić information content (AvgIpc) is 1.89. The van der Waals surface area contributed by atoms with Crippen LogP contribution >= 0.6 is 0 Å². The summed E-state index contributed by atoms with van der Waals surface area (Å²) in [5.74, 6) is 0.795. The van der Waals surface area contributed by atoms with E-state index in [1.165, 1.54) is 19.5 Å². The van der Waals surface area contributed by atoms with E-state index in [9.17, 15) is 0 Å². The lowest BCUT2D eigenvalue weighted by atomic mass is 9.96. The zero-order chi connectivity index (χ0) is 6.69. The predicted octanol–water partition coefficient (Wildman–Crippen LogP) is 0.204. The Hall–Kier alpha value is -0.0800. The molecule has 0 unspecified atom stereocenters. The summed E-state index contributed by atoms with van der Waals surface area (Å²) in [5, 5.41) is 6.67. The van der Waals surface area contributed by atoms with Gasteiger partial charge in [-0.2, -0.15) is 0 Å². The lowest BCUT2D eigenvalue weighted by Gasteiger charge is -2.28. The third kappa shape index (κ3) is 1.66. The van der Waals surface area contributed by atoms with Crippen LogP contribution in [0.1, 0.15) is 13.3 Å². The molecule has 0 spiro atoms. The fourth-order valence-electron chi connectivity index (χ4n) is 1.44. The van der Waals surface area contributed by atoms with Crippen molar-refractivity contribution in [3.8, 4) is 0 Å². The van der Waals surface area contributed by atoms with Crippen LogP contribution in [0.5, 0.6) is 0 Å². The molecule has 1 fully saturated rings. The Morgan fingerprint density at radius 3 is 2.78 bits per heavy atom. The molecule has 0 aromatic rings. The summed E-state index contributed by atoms with van der Waals surface area (Å²) in [6.07, 6.45) is 1.28. The van der Waals surface area contributed by atoms with Crippen molar-refractivity contribution < 1.29 is 0 Å². The van der Waals surface area contributed by atoms with Crippen LogP contribution < -0.4 is 10.6 Å². The first-order valence-corrected chi connectivity index (χ1v) is 3.72. The van der Waals surface area contributed by atoms with Crippen LogP contribution in [0.3, 0.4) is 0 Å². The van der Waals surface area contributed by atoms with Crippen molar-refractivity contribution in [2.24, 2.45) is 5.92 Å². The Kier molecular flexibility index (Phi) is 2.49. The molecule has 2 atom stereocenters. The van der Waals surface area contributed by atoms with E-state index in [2.05, 4.69) is 17.6 Å². The zero-order valence-corrected chi connectivity index (χ0v) is 6.28. The van der Waals surface area contributed by atoms with E-state index >= 15 is 0 Å². The largest absolute Gasteiger partial charge is 0.317 e. The third-order valence-electron chi connectivity index (χ3n) is 2.16. The van der Waals surface area contributed by atoms with Gasteiger partial charge >= 0.3 is 0 Å². The molecular weight excluding hydrogens is 112 g/mol. The molecular formula is C7H16N2. The molecule has 1 aliphatic rings. The lowest BCUT2D eigenvalue weighted by molar-refractivity contribution is 0.311. The van der Waals surface area contributed by atoms with E-state index in [0.29, 0.717) is 0 Å². The maximum absolute atomic E-state index is 3.36. The van der Waals surface area contributed by atoms with Crippen LogP contribution in [-0.2, 0) is 0 Å². The summed E-state index contributed by atoms with van der Waals surface area (Å²) in [4.78, 5) is 0. The van der Waals surface area contributed by atoms with Gasteiger partial charge in [-0.25, -0.2) is 0 Å². The van der Waals surface area contributed by atoms with E-state index in [4.69, 9.17) is 0 Å². The van der Waals surface area contributed by atoms with Crippen molar-refractivity contribution in [1.29, 1.82) is 0 Å². The quantitative estimate of drug-likeness (QED) is 0.527. The molecule has 2 heteroatoms. The SMILES string of the molecule is CN[C@@H]1CCNC[C@@H]1C. The Bertz CT molecular complexity index is 83.0. The van der Waals surface area contributed by atoms with Gasteiger partial charge in [-0.15, -0.1) is 0 Å². The van der Waals surface area contributed by atoms with Gasteiger partial charge in [0.05, 0.1) is 0 Å². The molecule has 1 aliphatic heterocycles. The van der Waals surface area contributed by atoms with Gasteiger partial charge in [0.25, 0.3) is 0 Å². The normalized spacial score (nSPS) is 36.7. The predicted molar refractivity (Wildman–Crippen MR) is 39.5 cm³/mol. The smallest absolute Gasteiger partial charge is 0.0114 e. The van der Waals surface area contributed by atoms with Gasteiger partial charge in [0.1, 0.15) is 0 Å². The van der Waals surface area contributed by atoms with Crippen LogP contribution in [0, 0.1) is 5.92 Å². The molecule has 54 valence electrons. The minimum atomic E-state index is 0.742. The Morgan fingerprint density at radius 2 is 2.33 bits per heavy atom. The maximum atomic E-state index is 3.36. The number of piperidine rings is 1. The fraction of sp³-hybridized carbons (Fsp3) is 1.00. The maximum Gasteiger partial charge on any atom is 0.0114 e. The first-order valence-electron chi connectivity index (χ1n) is 3.72. The first kappa shape index (κ1) is 7.03. The Morgan fingerprint density at radius 1 is 1.56 bits per heavy atom. The van der Waals surface area contributed by atoms with E-state index in [1.807, 2.05) is 7.05 Å². The second-order valence-corrected chi connectivity index (χ2v) is 2.87. The average molecular weight is 128 g/mol. The van der Waals surface area contributed by atoms with E-state index in [0.717, 1.165) is 12.0 Å². The topological polar surface area (TPSA) is 24.1 Å². The number of hydrogen-bond acceptors (Lipinski definition) is 2. The van der Waals surface area contributed by atoms with Crippen LogP contribution in [0.4, 0.5) is 0 Å². The highest BCUT2D eigenvalue weighted by molar-refractivity contribution is 4.78. The van der Waals surface area contributed by atoms with E-state index < -0.39 is 0 Å². The van der Waals surface area contributed by atoms with Crippen LogP contribution in [0.2, 0.25) is 0 Å². The molecule has 1 saturated heterocycles. The van der Waals surface area contributed by atoms with Gasteiger partial charge in [0, 0.05) is 6.04 Å². The van der Waals surface area contributed by atoms with Gasteiger partial charge in [0.15, 0.2) is 0 Å². The van der Waals surface area contributed by atoms with Gasteiger partial charge < -0.3 is 10.6 Å². The number of nitrogens with one attached hydrogen (secondary N) is 2. The van der Waals surface area contributed by atoms with Crippen molar-refractivity contribution >= 4 is 0 Å². The fourth-order valence-corrected chi connectivity index (χ4v) is 1.44. The second-order valence-electron chi connectivity index (χ2n) is 2.87. The van der Waals surface area contributed by atoms with Crippen molar-refractivity contribution in [2.45, 2.75) is 19.4 Å². The summed E-state index contributed by atoms with van der Waals surface area (Å²) in [7, 11) is 2.05. The number of rotatable bonds is 1. The highest BCUT2D eigenvalue weighted by Gasteiger charge is 2.17. The molecule has 2 nitrogen and oxygen atoms in total. The molecule has 0 radical (unpaired) electrons. The van der Waals surface area contributed by atoms with Crippen LogP contribution in [0.25, 0.3) is 0 Å². The van der Waals surface area contributed by atoms with Gasteiger partial charge in [-0.1, -0.05) is 6.92 Å². The lowest BCUT2D eigenvalue weighted by Crippen LogP contribution is -2.44. The summed E-state index contributed by atoms with van der Waals surface area (Å²) >= 11 is 0. The zero-order valence-electron chi connectivity index (χ0n) is 6.28. The molecule has 0 aromatic heterocycles. The van der Waals surface area contributed by atoms with Crippen molar-refractivity contribution in [3.63, 3.8) is 0 Å². The highest BCUT2D eigenvalue weighted by atomic mass is 15.0. The Labute approximate surface area is 57.0 Å². The molecule has 1 heterocycles. The first-order chi connectivity index (χ1) is 4.34. The minimum Gasteiger partial charge on any atom is -0.317 e. The van der Waals surface area contributed by atoms with Crippen molar-refractivity contribution in [3.05, 3.63) is 0 Å². The highest BCUT2D eigenvalue weighted by Crippen LogP contribution is 2.08. The molecule has 0 aromatic carbocycles. The number of hydrogen-bond donors (Lipinski definition) is 2. The van der Waals surface area contributed by atoms with Gasteiger partial charge in [-0.3, -0.25) is 0 Å². The molecule has 0 saturated carbocycles. The van der Waals surface area contributed by atoms with E-state index in [1.54, 1.807) is 0 Å². The molecule has 0 aliphatic carbocycles. The molecule has 2 N–H and O–H groups in total.